The Kier molecular flexibility index (Phi) is 3.94. The average molecular weight is 246 g/mol. The van der Waals surface area contributed by atoms with Gasteiger partial charge in [-0.2, -0.15) is 5.10 Å². The third kappa shape index (κ3) is 2.87. The summed E-state index contributed by atoms with van der Waals surface area (Å²) in [6.07, 6.45) is 2.62. The number of nitrogens with two attached hydrogens (primary N) is 1. The lowest BCUT2D eigenvalue weighted by atomic mass is 10.3. The van der Waals surface area contributed by atoms with Crippen molar-refractivity contribution in [3.63, 3.8) is 0 Å². The van der Waals surface area contributed by atoms with Crippen molar-refractivity contribution in [2.24, 2.45) is 12.8 Å². The lowest BCUT2D eigenvalue weighted by molar-refractivity contribution is 0.293. The summed E-state index contributed by atoms with van der Waals surface area (Å²) < 4.78 is 7.51. The van der Waals surface area contributed by atoms with Gasteiger partial charge in [-0.3, -0.25) is 9.67 Å². The first-order chi connectivity index (χ1) is 8.72. The van der Waals surface area contributed by atoms with Crippen LogP contribution in [0.25, 0.3) is 0 Å². The van der Waals surface area contributed by atoms with Crippen molar-refractivity contribution in [1.29, 1.82) is 0 Å². The number of aryl methyl sites for hydroxylation is 2. The van der Waals surface area contributed by atoms with E-state index in [2.05, 4.69) is 23.1 Å². The van der Waals surface area contributed by atoms with Gasteiger partial charge in [0.15, 0.2) is 0 Å². The third-order valence-corrected chi connectivity index (χ3v) is 2.78. The molecule has 2 aromatic rings. The first kappa shape index (κ1) is 12.6. The van der Waals surface area contributed by atoms with Gasteiger partial charge in [0, 0.05) is 13.6 Å². The summed E-state index contributed by atoms with van der Waals surface area (Å²) in [5.74, 6) is 0.742. The van der Waals surface area contributed by atoms with Crippen LogP contribution in [-0.4, -0.2) is 14.8 Å². The van der Waals surface area contributed by atoms with Gasteiger partial charge in [-0.05, 0) is 24.6 Å². The van der Waals surface area contributed by atoms with Gasteiger partial charge in [-0.15, -0.1) is 0 Å². The SMILES string of the molecule is CCc1cc(COc2ccc(CN)nc2)n(C)n1. The summed E-state index contributed by atoms with van der Waals surface area (Å²) in [6.45, 7) is 3.03. The number of hydrogen-bond acceptors (Lipinski definition) is 4. The lowest BCUT2D eigenvalue weighted by Crippen LogP contribution is -2.04. The fourth-order valence-electron chi connectivity index (χ4n) is 1.65. The molecule has 0 saturated heterocycles. The normalized spacial score (nSPS) is 10.6. The van der Waals surface area contributed by atoms with E-state index in [4.69, 9.17) is 10.5 Å². The zero-order valence-electron chi connectivity index (χ0n) is 10.8. The Hall–Kier alpha value is -1.88. The molecule has 2 aromatic heterocycles. The molecule has 5 nitrogen and oxygen atoms in total. The minimum atomic E-state index is 0.446. The van der Waals surface area contributed by atoms with Gasteiger partial charge >= 0.3 is 0 Å². The second-order valence-electron chi connectivity index (χ2n) is 4.08. The molecule has 0 saturated carbocycles. The zero-order valence-corrected chi connectivity index (χ0v) is 10.8. The van der Waals surface area contributed by atoms with Crippen LogP contribution in [0.1, 0.15) is 24.0 Å². The van der Waals surface area contributed by atoms with Gasteiger partial charge in [0.1, 0.15) is 12.4 Å². The molecule has 5 heteroatoms. The number of aromatic nitrogens is 3. The van der Waals surface area contributed by atoms with Crippen LogP contribution >= 0.6 is 0 Å². The standard InChI is InChI=1S/C13H18N4O/c1-3-10-6-12(17(2)16-10)9-18-13-5-4-11(7-14)15-8-13/h4-6,8H,3,7,9,14H2,1-2H3. The van der Waals surface area contributed by atoms with Crippen molar-refractivity contribution < 1.29 is 4.74 Å². The largest absolute Gasteiger partial charge is 0.486 e. The predicted octanol–water partition coefficient (Wildman–Crippen LogP) is 1.42. The molecule has 96 valence electrons. The smallest absolute Gasteiger partial charge is 0.138 e. The number of hydrogen-bond donors (Lipinski definition) is 1. The van der Waals surface area contributed by atoms with Crippen molar-refractivity contribution in [2.75, 3.05) is 0 Å². The quantitative estimate of drug-likeness (QED) is 0.866. The van der Waals surface area contributed by atoms with Gasteiger partial charge in [0.05, 0.1) is 23.3 Å². The Balaban J connectivity index is 1.99. The Morgan fingerprint density at radius 1 is 1.33 bits per heavy atom. The van der Waals surface area contributed by atoms with E-state index in [0.717, 1.165) is 29.3 Å². The molecule has 0 radical (unpaired) electrons. The zero-order chi connectivity index (χ0) is 13.0. The topological polar surface area (TPSA) is 66.0 Å². The Morgan fingerprint density at radius 2 is 2.17 bits per heavy atom. The molecule has 0 unspecified atom stereocenters. The number of rotatable bonds is 5. The molecule has 18 heavy (non-hydrogen) atoms. The van der Waals surface area contributed by atoms with E-state index in [1.165, 1.54) is 0 Å². The molecule has 2 heterocycles. The molecule has 0 amide bonds. The molecule has 2 rings (SSSR count). The molecule has 0 spiro atoms. The summed E-state index contributed by atoms with van der Waals surface area (Å²) in [5.41, 5.74) is 8.47. The summed E-state index contributed by atoms with van der Waals surface area (Å²) in [5, 5.41) is 4.37. The van der Waals surface area contributed by atoms with Crippen LogP contribution in [0.5, 0.6) is 5.75 Å². The third-order valence-electron chi connectivity index (χ3n) is 2.78. The molecule has 2 N–H and O–H groups in total. The molecule has 0 aliphatic carbocycles. The summed E-state index contributed by atoms with van der Waals surface area (Å²) in [4.78, 5) is 4.18. The monoisotopic (exact) mass is 246 g/mol. The Bertz CT molecular complexity index is 504. The molecule has 0 atom stereocenters. The summed E-state index contributed by atoms with van der Waals surface area (Å²) in [6, 6.07) is 5.81. The van der Waals surface area contributed by atoms with Gasteiger partial charge < -0.3 is 10.5 Å². The molecule has 0 bridgehead atoms. The number of nitrogens with zero attached hydrogens (tertiary/aromatic N) is 3. The van der Waals surface area contributed by atoms with Crippen molar-refractivity contribution in [1.82, 2.24) is 14.8 Å². The Labute approximate surface area is 107 Å². The molecule has 0 aliphatic rings. The molecule has 0 aliphatic heterocycles. The van der Waals surface area contributed by atoms with E-state index in [1.807, 2.05) is 23.9 Å². The van der Waals surface area contributed by atoms with E-state index < -0.39 is 0 Å². The molecular formula is C13H18N4O. The van der Waals surface area contributed by atoms with E-state index in [1.54, 1.807) is 6.20 Å². The summed E-state index contributed by atoms with van der Waals surface area (Å²) in [7, 11) is 1.92. The van der Waals surface area contributed by atoms with Crippen LogP contribution in [-0.2, 0) is 26.6 Å². The first-order valence-corrected chi connectivity index (χ1v) is 6.02. The van der Waals surface area contributed by atoms with E-state index in [0.29, 0.717) is 13.2 Å². The summed E-state index contributed by atoms with van der Waals surface area (Å²) >= 11 is 0. The highest BCUT2D eigenvalue weighted by molar-refractivity contribution is 5.20. The molecular weight excluding hydrogens is 228 g/mol. The van der Waals surface area contributed by atoms with Crippen LogP contribution in [0.2, 0.25) is 0 Å². The van der Waals surface area contributed by atoms with Crippen LogP contribution < -0.4 is 10.5 Å². The molecule has 0 aromatic carbocycles. The second kappa shape index (κ2) is 5.64. The van der Waals surface area contributed by atoms with Crippen molar-refractivity contribution >= 4 is 0 Å². The highest BCUT2D eigenvalue weighted by Gasteiger charge is 2.04. The second-order valence-corrected chi connectivity index (χ2v) is 4.08. The van der Waals surface area contributed by atoms with Crippen LogP contribution in [0, 0.1) is 0 Å². The van der Waals surface area contributed by atoms with Crippen molar-refractivity contribution in [3.8, 4) is 5.75 Å². The fourth-order valence-corrected chi connectivity index (χ4v) is 1.65. The number of ether oxygens (including phenoxy) is 1. The lowest BCUT2D eigenvalue weighted by Gasteiger charge is -2.06. The van der Waals surface area contributed by atoms with E-state index in [9.17, 15) is 0 Å². The maximum absolute atomic E-state index is 5.67. The maximum atomic E-state index is 5.67. The minimum Gasteiger partial charge on any atom is -0.486 e. The van der Waals surface area contributed by atoms with Gasteiger partial charge in [-0.1, -0.05) is 6.92 Å². The van der Waals surface area contributed by atoms with E-state index in [-0.39, 0.29) is 0 Å². The van der Waals surface area contributed by atoms with Gasteiger partial charge in [0.25, 0.3) is 0 Å². The van der Waals surface area contributed by atoms with Crippen molar-refractivity contribution in [3.05, 3.63) is 41.5 Å². The van der Waals surface area contributed by atoms with Crippen LogP contribution in [0.4, 0.5) is 0 Å². The first-order valence-electron chi connectivity index (χ1n) is 6.02. The molecule has 0 fully saturated rings. The maximum Gasteiger partial charge on any atom is 0.138 e. The van der Waals surface area contributed by atoms with Crippen LogP contribution in [0.3, 0.4) is 0 Å². The van der Waals surface area contributed by atoms with E-state index >= 15 is 0 Å². The van der Waals surface area contributed by atoms with Gasteiger partial charge in [0.2, 0.25) is 0 Å². The van der Waals surface area contributed by atoms with Gasteiger partial charge in [-0.25, -0.2) is 0 Å². The van der Waals surface area contributed by atoms with Crippen molar-refractivity contribution in [2.45, 2.75) is 26.5 Å². The number of pyridine rings is 1. The average Bonchev–Trinajstić information content (AvgIpc) is 2.77. The fraction of sp³-hybridized carbons (Fsp3) is 0.385. The Morgan fingerprint density at radius 3 is 2.72 bits per heavy atom. The highest BCUT2D eigenvalue weighted by Crippen LogP contribution is 2.12. The predicted molar refractivity (Wildman–Crippen MR) is 69.0 cm³/mol. The highest BCUT2D eigenvalue weighted by atomic mass is 16.5. The van der Waals surface area contributed by atoms with Crippen LogP contribution in [0.15, 0.2) is 24.4 Å². The minimum absolute atomic E-state index is 0.446.